The highest BCUT2D eigenvalue weighted by Gasteiger charge is 2.40. The van der Waals surface area contributed by atoms with Gasteiger partial charge in [-0.05, 0) is 61.2 Å². The van der Waals surface area contributed by atoms with Crippen molar-refractivity contribution in [1.29, 1.82) is 0 Å². The fourth-order valence-corrected chi connectivity index (χ4v) is 4.35. The van der Waals surface area contributed by atoms with Gasteiger partial charge < -0.3 is 5.32 Å². The predicted octanol–water partition coefficient (Wildman–Crippen LogP) is 2.98. The summed E-state index contributed by atoms with van der Waals surface area (Å²) in [7, 11) is -0.720. The van der Waals surface area contributed by atoms with E-state index in [1.54, 1.807) is 26.0 Å². The van der Waals surface area contributed by atoms with Gasteiger partial charge in [0.1, 0.15) is 5.82 Å². The van der Waals surface area contributed by atoms with Crippen molar-refractivity contribution in [2.75, 3.05) is 14.1 Å². The summed E-state index contributed by atoms with van der Waals surface area (Å²) in [6.07, 6.45) is 0.739. The van der Waals surface area contributed by atoms with E-state index in [0.717, 1.165) is 21.9 Å². The Bertz CT molecular complexity index is 1000. The van der Waals surface area contributed by atoms with Crippen LogP contribution in [0.1, 0.15) is 39.4 Å². The highest BCUT2D eigenvalue weighted by molar-refractivity contribution is 7.89. The van der Waals surface area contributed by atoms with Crippen molar-refractivity contribution < 1.29 is 17.6 Å². The minimum Gasteiger partial charge on any atom is -0.349 e. The molecule has 0 unspecified atom stereocenters. The van der Waals surface area contributed by atoms with Gasteiger partial charge >= 0.3 is 0 Å². The van der Waals surface area contributed by atoms with Gasteiger partial charge in [0.05, 0.1) is 4.90 Å². The molecule has 1 aliphatic carbocycles. The SMILES string of the molecule is Cc1cc(C(=O)N[C@H]2C[C@@H]2c2cccc(F)c2)cc(S(=O)(=O)N(C)C)c1C. The van der Waals surface area contributed by atoms with Crippen LogP contribution in [0.3, 0.4) is 0 Å². The fraction of sp³-hybridized carbons (Fsp3) is 0.350. The molecule has 0 bridgehead atoms. The topological polar surface area (TPSA) is 66.5 Å². The first-order valence-electron chi connectivity index (χ1n) is 8.71. The van der Waals surface area contributed by atoms with E-state index in [1.165, 1.54) is 32.3 Å². The summed E-state index contributed by atoms with van der Waals surface area (Å²) >= 11 is 0. The molecule has 1 aliphatic rings. The van der Waals surface area contributed by atoms with Gasteiger partial charge in [-0.15, -0.1) is 0 Å². The zero-order valence-corrected chi connectivity index (χ0v) is 16.6. The van der Waals surface area contributed by atoms with Crippen LogP contribution in [0.15, 0.2) is 41.3 Å². The molecule has 0 aromatic heterocycles. The number of nitrogens with zero attached hydrogens (tertiary/aromatic N) is 1. The quantitative estimate of drug-likeness (QED) is 0.854. The molecule has 5 nitrogen and oxygen atoms in total. The van der Waals surface area contributed by atoms with Crippen molar-refractivity contribution in [3.05, 3.63) is 64.5 Å². The van der Waals surface area contributed by atoms with Gasteiger partial charge in [0.2, 0.25) is 10.0 Å². The highest BCUT2D eigenvalue weighted by atomic mass is 32.2. The Morgan fingerprint density at radius 2 is 1.89 bits per heavy atom. The lowest BCUT2D eigenvalue weighted by Gasteiger charge is -2.16. The molecule has 3 rings (SSSR count). The summed E-state index contributed by atoms with van der Waals surface area (Å²) in [4.78, 5) is 12.8. The summed E-state index contributed by atoms with van der Waals surface area (Å²) < 4.78 is 39.6. The Balaban J connectivity index is 1.81. The molecule has 0 radical (unpaired) electrons. The number of hydrogen-bond donors (Lipinski definition) is 1. The molecule has 27 heavy (non-hydrogen) atoms. The maximum atomic E-state index is 13.4. The summed E-state index contributed by atoms with van der Waals surface area (Å²) in [6.45, 7) is 3.52. The monoisotopic (exact) mass is 390 g/mol. The van der Waals surface area contributed by atoms with E-state index in [9.17, 15) is 17.6 Å². The van der Waals surface area contributed by atoms with E-state index >= 15 is 0 Å². The minimum absolute atomic E-state index is 0.0742. The van der Waals surface area contributed by atoms with E-state index in [-0.39, 0.29) is 28.6 Å². The van der Waals surface area contributed by atoms with Crippen LogP contribution in [0.25, 0.3) is 0 Å². The fourth-order valence-electron chi connectivity index (χ4n) is 3.13. The predicted molar refractivity (Wildman–Crippen MR) is 102 cm³/mol. The molecular weight excluding hydrogens is 367 g/mol. The van der Waals surface area contributed by atoms with Gasteiger partial charge in [0, 0.05) is 31.6 Å². The Morgan fingerprint density at radius 1 is 1.19 bits per heavy atom. The second-order valence-corrected chi connectivity index (χ2v) is 9.30. The molecule has 0 aliphatic heterocycles. The molecule has 2 aromatic rings. The van der Waals surface area contributed by atoms with E-state index in [0.29, 0.717) is 11.1 Å². The molecule has 1 fully saturated rings. The Labute approximate surface area is 159 Å². The number of carbonyl (C=O) groups excluding carboxylic acids is 1. The third-order valence-corrected chi connectivity index (χ3v) is 6.97. The highest BCUT2D eigenvalue weighted by Crippen LogP contribution is 2.41. The van der Waals surface area contributed by atoms with Crippen LogP contribution in [0.5, 0.6) is 0 Å². The van der Waals surface area contributed by atoms with Crippen LogP contribution < -0.4 is 5.32 Å². The number of carbonyl (C=O) groups is 1. The van der Waals surface area contributed by atoms with Gasteiger partial charge in [-0.2, -0.15) is 0 Å². The molecule has 0 heterocycles. The Kier molecular flexibility index (Phi) is 5.10. The number of nitrogens with one attached hydrogen (secondary N) is 1. The van der Waals surface area contributed by atoms with Crippen molar-refractivity contribution in [2.45, 2.75) is 37.1 Å². The molecule has 144 valence electrons. The van der Waals surface area contributed by atoms with Gasteiger partial charge in [0.15, 0.2) is 0 Å². The van der Waals surface area contributed by atoms with E-state index < -0.39 is 10.0 Å². The Morgan fingerprint density at radius 3 is 2.52 bits per heavy atom. The molecule has 1 N–H and O–H groups in total. The van der Waals surface area contributed by atoms with Crippen LogP contribution in [0.2, 0.25) is 0 Å². The third-order valence-electron chi connectivity index (χ3n) is 5.02. The van der Waals surface area contributed by atoms with Crippen molar-refractivity contribution >= 4 is 15.9 Å². The number of hydrogen-bond acceptors (Lipinski definition) is 3. The van der Waals surface area contributed by atoms with Crippen LogP contribution in [0, 0.1) is 19.7 Å². The maximum Gasteiger partial charge on any atom is 0.251 e. The first-order valence-corrected chi connectivity index (χ1v) is 10.2. The van der Waals surface area contributed by atoms with E-state index in [1.807, 2.05) is 6.07 Å². The first kappa shape index (κ1) is 19.5. The lowest BCUT2D eigenvalue weighted by atomic mass is 10.1. The van der Waals surface area contributed by atoms with Crippen molar-refractivity contribution in [1.82, 2.24) is 9.62 Å². The average Bonchev–Trinajstić information content (AvgIpc) is 3.35. The molecule has 2 atom stereocenters. The number of aryl methyl sites for hydroxylation is 1. The zero-order valence-electron chi connectivity index (χ0n) is 15.8. The molecule has 1 amide bonds. The van der Waals surface area contributed by atoms with Crippen molar-refractivity contribution in [2.24, 2.45) is 0 Å². The Hall–Kier alpha value is -2.25. The van der Waals surface area contributed by atoms with Crippen LogP contribution in [-0.2, 0) is 10.0 Å². The second-order valence-electron chi connectivity index (χ2n) is 7.18. The van der Waals surface area contributed by atoms with Crippen LogP contribution >= 0.6 is 0 Å². The number of sulfonamides is 1. The normalized spacial score (nSPS) is 19.2. The molecule has 1 saturated carbocycles. The minimum atomic E-state index is -3.65. The number of rotatable bonds is 5. The average molecular weight is 390 g/mol. The third kappa shape index (κ3) is 3.89. The van der Waals surface area contributed by atoms with Gasteiger partial charge in [-0.1, -0.05) is 12.1 Å². The summed E-state index contributed by atoms with van der Waals surface area (Å²) in [6, 6.07) is 9.41. The smallest absolute Gasteiger partial charge is 0.251 e. The van der Waals surface area contributed by atoms with Crippen LogP contribution in [-0.4, -0.2) is 38.8 Å². The summed E-state index contributed by atoms with van der Waals surface area (Å²) in [5.41, 5.74) is 2.53. The summed E-state index contributed by atoms with van der Waals surface area (Å²) in [5.74, 6) is -0.532. The lowest BCUT2D eigenvalue weighted by Crippen LogP contribution is -2.28. The van der Waals surface area contributed by atoms with Gasteiger partial charge in [-0.3, -0.25) is 4.79 Å². The number of amides is 1. The van der Waals surface area contributed by atoms with Gasteiger partial charge in [-0.25, -0.2) is 17.1 Å². The molecule has 7 heteroatoms. The van der Waals surface area contributed by atoms with E-state index in [2.05, 4.69) is 5.32 Å². The van der Waals surface area contributed by atoms with E-state index in [4.69, 9.17) is 0 Å². The van der Waals surface area contributed by atoms with Crippen LogP contribution in [0.4, 0.5) is 4.39 Å². The molecule has 2 aromatic carbocycles. The number of benzene rings is 2. The lowest BCUT2D eigenvalue weighted by molar-refractivity contribution is 0.0950. The maximum absolute atomic E-state index is 13.4. The first-order chi connectivity index (χ1) is 12.6. The summed E-state index contributed by atoms with van der Waals surface area (Å²) in [5, 5.41) is 2.92. The second kappa shape index (κ2) is 7.05. The van der Waals surface area contributed by atoms with Crippen molar-refractivity contribution in [3.63, 3.8) is 0 Å². The molecule has 0 spiro atoms. The van der Waals surface area contributed by atoms with Crippen molar-refractivity contribution in [3.8, 4) is 0 Å². The molecule has 0 saturated heterocycles. The number of halogens is 1. The zero-order chi connectivity index (χ0) is 19.9. The largest absolute Gasteiger partial charge is 0.349 e. The standard InChI is InChI=1S/C20H23FN2O3S/c1-12-8-15(10-19(13(12)2)27(25,26)23(3)4)20(24)22-18-11-17(18)14-6-5-7-16(21)9-14/h5-10,17-18H,11H2,1-4H3,(H,22,24)/t17-,18+/m1/s1. The molecular formula is C20H23FN2O3S. The van der Waals surface area contributed by atoms with Gasteiger partial charge in [0.25, 0.3) is 5.91 Å².